The van der Waals surface area contributed by atoms with Gasteiger partial charge in [-0.3, -0.25) is 19.4 Å². The van der Waals surface area contributed by atoms with Crippen molar-refractivity contribution in [3.8, 4) is 0 Å². The van der Waals surface area contributed by atoms with E-state index in [-0.39, 0.29) is 62.7 Å². The van der Waals surface area contributed by atoms with E-state index < -0.39 is 23.9 Å². The molecular weight excluding hydrogens is 922 g/mol. The minimum atomic E-state index is -1.30. The molecule has 1 aromatic carbocycles. The second kappa shape index (κ2) is 18.2. The number of nitrogens with zero attached hydrogens (tertiary/aromatic N) is 9. The fourth-order valence-corrected chi connectivity index (χ4v) is 4.88. The van der Waals surface area contributed by atoms with Crippen molar-refractivity contribution in [1.29, 1.82) is 0 Å². The molecule has 0 aliphatic rings. The van der Waals surface area contributed by atoms with Crippen molar-refractivity contribution in [2.45, 2.75) is 25.4 Å². The molecule has 25 heteroatoms. The van der Waals surface area contributed by atoms with Crippen LogP contribution in [0.2, 0.25) is 0 Å². The van der Waals surface area contributed by atoms with Crippen LogP contribution in [-0.2, 0) is 37.2 Å². The van der Waals surface area contributed by atoms with Crippen LogP contribution in [0.1, 0.15) is 28.9 Å². The number of aromatic amines is 4. The van der Waals surface area contributed by atoms with Gasteiger partial charge in [0.25, 0.3) is 11.5 Å². The molecule has 6 heterocycles. The number of carbonyl (C=O) groups excluding carboxylic acids is 1. The number of hydrogen-bond acceptors (Lipinski definition) is 17. The van der Waals surface area contributed by atoms with Crippen LogP contribution < -0.4 is 33.0 Å². The van der Waals surface area contributed by atoms with Gasteiger partial charge < -0.3 is 52.6 Å². The summed E-state index contributed by atoms with van der Waals surface area (Å²) in [6.45, 7) is 0.370. The zero-order valence-corrected chi connectivity index (χ0v) is 31.4. The Morgan fingerprint density at radius 1 is 0.891 bits per heavy atom. The van der Waals surface area contributed by atoms with Gasteiger partial charge >= 0.3 is 11.9 Å². The van der Waals surface area contributed by atoms with Crippen molar-refractivity contribution < 1.29 is 45.7 Å². The Kier molecular flexibility index (Phi) is 13.5. The predicted molar refractivity (Wildman–Crippen MR) is 196 cm³/mol. The second-order valence-electron chi connectivity index (χ2n) is 11.1. The minimum Gasteiger partial charge on any atom is -0.481 e. The normalized spacial score (nSPS) is 11.0. The van der Waals surface area contributed by atoms with E-state index in [0.29, 0.717) is 39.2 Å². The Morgan fingerprint density at radius 3 is 2.27 bits per heavy atom. The zero-order chi connectivity index (χ0) is 38.9. The molecule has 1 atom stereocenters. The molecule has 55 heavy (non-hydrogen) atoms. The topological polar surface area (TPSA) is 368 Å². The van der Waals surface area contributed by atoms with E-state index in [0.717, 1.165) is 16.9 Å². The Balaban J connectivity index is 0.000000245. The first kappa shape index (κ1) is 40.8. The Bertz CT molecular complexity index is 2580. The number of hydrogen-bond donors (Lipinski definition) is 10. The number of carboxylic acids is 2. The molecule has 0 unspecified atom stereocenters. The summed E-state index contributed by atoms with van der Waals surface area (Å²) in [5, 5.41) is 20.2. The molecular formula is C30H31N17O6PtS. The number of rotatable bonds is 9. The maximum Gasteiger partial charge on any atom is 0.326 e. The molecule has 6 aromatic heterocycles. The molecule has 0 fully saturated rings. The van der Waals surface area contributed by atoms with Crippen molar-refractivity contribution in [3.63, 3.8) is 0 Å². The number of carboxylic acid groups (broad SMARTS) is 2. The molecule has 0 saturated carbocycles. The molecule has 7 rings (SSSR count). The van der Waals surface area contributed by atoms with Crippen molar-refractivity contribution in [2.24, 2.45) is 0 Å². The van der Waals surface area contributed by atoms with E-state index >= 15 is 0 Å². The van der Waals surface area contributed by atoms with Crippen LogP contribution in [0.3, 0.4) is 0 Å². The maximum absolute atomic E-state index is 12.4. The van der Waals surface area contributed by atoms with E-state index in [1.807, 2.05) is 11.9 Å². The smallest absolute Gasteiger partial charge is 0.326 e. The molecule has 0 radical (unpaired) electrons. The minimum absolute atomic E-state index is 0. The fourth-order valence-electron chi connectivity index (χ4n) is 4.67. The monoisotopic (exact) mass is 952 g/mol. The van der Waals surface area contributed by atoms with Gasteiger partial charge in [0, 0.05) is 45.8 Å². The Morgan fingerprint density at radius 2 is 1.58 bits per heavy atom. The molecule has 0 spiro atoms. The van der Waals surface area contributed by atoms with Crippen LogP contribution in [0.5, 0.6) is 0 Å². The molecule has 1 amide bonds. The Labute approximate surface area is 327 Å². The average Bonchev–Trinajstić information content (AvgIpc) is 3.82. The first-order chi connectivity index (χ1) is 25.8. The number of aliphatic carboxylic acids is 2. The SMILES string of the molecule is CN(Cc1cnc2nc(N)nc(N)c2n1)c1ccc(C(=O)N[C@@H](CCC(=O)O)C(=O)O)cc1.Nc1nc2nc[nH]c2c(=O)[nH]1.S=c1nc[nH]c2nc[nH]c12.[Pt]. The molecule has 23 nitrogen and oxygen atoms in total. The number of benzene rings is 1. The van der Waals surface area contributed by atoms with Gasteiger partial charge in [0.1, 0.15) is 11.6 Å². The van der Waals surface area contributed by atoms with Crippen LogP contribution in [0, 0.1) is 4.64 Å². The van der Waals surface area contributed by atoms with Crippen LogP contribution >= 0.6 is 12.2 Å². The van der Waals surface area contributed by atoms with Crippen molar-refractivity contribution in [2.75, 3.05) is 29.1 Å². The molecule has 7 aromatic rings. The summed E-state index contributed by atoms with van der Waals surface area (Å²) < 4.78 is 0.547. The standard InChI is InChI=1S/C20H22N8O5.C5H5N5O.C5H4N4S.Pt/c1-28(9-11-8-23-17-15(24-11)16(21)26-20(22)27-17)12-4-2-10(3-5-12)18(31)25-13(19(32)33)6-7-14(29)30;6-5-9-3-2(4(11)10-5)7-1-8-3;10-5-3-4(7-1-6-3)8-2-9-5;/h2-5,8,13H,6-7,9H2,1H3,(H,25,31)(H,29,30)(H,32,33)(H4,21,22,23,26,27);1H,(H4,6,7,8,9,10,11);1-2H,(H2,6,7,8,9,10);/t13-;;;/m0.../s1. The van der Waals surface area contributed by atoms with Gasteiger partial charge in [-0.2, -0.15) is 15.0 Å². The number of H-pyrrole nitrogens is 4. The number of imidazole rings is 2. The number of nitrogen functional groups attached to an aromatic ring is 3. The summed E-state index contributed by atoms with van der Waals surface area (Å²) in [6, 6.07) is 5.16. The average molecular weight is 953 g/mol. The summed E-state index contributed by atoms with van der Waals surface area (Å²) >= 11 is 4.91. The van der Waals surface area contributed by atoms with Crippen molar-refractivity contribution in [3.05, 3.63) is 75.7 Å². The summed E-state index contributed by atoms with van der Waals surface area (Å²) in [6.07, 6.45) is 5.47. The number of fused-ring (bicyclic) bond motifs is 3. The molecule has 0 saturated heterocycles. The van der Waals surface area contributed by atoms with Crippen LogP contribution in [0.15, 0.2) is 54.2 Å². The third-order valence-corrected chi connectivity index (χ3v) is 7.58. The van der Waals surface area contributed by atoms with E-state index in [9.17, 15) is 24.3 Å². The van der Waals surface area contributed by atoms with Gasteiger partial charge in [-0.1, -0.05) is 12.2 Å². The fraction of sp³-hybridized carbons (Fsp3) is 0.167. The molecule has 13 N–H and O–H groups in total. The quantitative estimate of drug-likeness (QED) is 0.0881. The van der Waals surface area contributed by atoms with Gasteiger partial charge in [0.15, 0.2) is 38.4 Å². The van der Waals surface area contributed by atoms with Gasteiger partial charge in [-0.05, 0) is 30.7 Å². The van der Waals surface area contributed by atoms with Crippen LogP contribution in [0.4, 0.5) is 23.4 Å². The van der Waals surface area contributed by atoms with E-state index in [2.05, 4.69) is 65.1 Å². The third kappa shape index (κ3) is 10.6. The van der Waals surface area contributed by atoms with Gasteiger partial charge in [0.2, 0.25) is 11.9 Å². The van der Waals surface area contributed by atoms with E-state index in [1.54, 1.807) is 24.7 Å². The molecule has 0 aliphatic heterocycles. The van der Waals surface area contributed by atoms with Gasteiger partial charge in [-0.25, -0.2) is 29.7 Å². The zero-order valence-electron chi connectivity index (χ0n) is 28.3. The molecule has 0 aliphatic carbocycles. The first-order valence-corrected chi connectivity index (χ1v) is 15.9. The summed E-state index contributed by atoms with van der Waals surface area (Å²) in [4.78, 5) is 89.8. The van der Waals surface area contributed by atoms with E-state index in [4.69, 9.17) is 34.5 Å². The van der Waals surface area contributed by atoms with Crippen molar-refractivity contribution in [1.82, 2.24) is 65.1 Å². The third-order valence-electron chi connectivity index (χ3n) is 7.27. The van der Waals surface area contributed by atoms with Gasteiger partial charge in [0.05, 0.1) is 37.4 Å². The number of amides is 1. The molecule has 0 bridgehead atoms. The first-order valence-electron chi connectivity index (χ1n) is 15.5. The number of aromatic nitrogens is 12. The van der Waals surface area contributed by atoms with Crippen molar-refractivity contribution >= 4 is 87.0 Å². The predicted octanol–water partition coefficient (Wildman–Crippen LogP) is 0.510. The van der Waals surface area contributed by atoms with E-state index in [1.165, 1.54) is 24.8 Å². The number of carbonyl (C=O) groups is 3. The van der Waals surface area contributed by atoms with Crippen LogP contribution in [0.25, 0.3) is 33.5 Å². The second-order valence-corrected chi connectivity index (χ2v) is 11.5. The summed E-state index contributed by atoms with van der Waals surface area (Å²) in [5.74, 6) is -2.83. The largest absolute Gasteiger partial charge is 0.481 e. The molecule has 288 valence electrons. The maximum atomic E-state index is 12.4. The van der Waals surface area contributed by atoms with Gasteiger partial charge in [-0.15, -0.1) is 0 Å². The Hall–Kier alpha value is -6.94. The number of nitrogens with two attached hydrogens (primary N) is 3. The summed E-state index contributed by atoms with van der Waals surface area (Å²) in [5.41, 5.74) is 20.8. The van der Waals surface area contributed by atoms with Crippen LogP contribution in [-0.4, -0.2) is 101 Å². The summed E-state index contributed by atoms with van der Waals surface area (Å²) in [7, 11) is 1.82. The number of nitrogens with one attached hydrogen (secondary N) is 5. The number of anilines is 4.